The maximum absolute atomic E-state index is 12.1. The molecule has 0 heterocycles. The van der Waals surface area contributed by atoms with Crippen molar-refractivity contribution in [1.82, 2.24) is 5.43 Å². The van der Waals surface area contributed by atoms with Gasteiger partial charge in [0, 0.05) is 0 Å². The summed E-state index contributed by atoms with van der Waals surface area (Å²) in [6.07, 6.45) is 1.34. The Balaban J connectivity index is 2.03. The Labute approximate surface area is 173 Å². The molecule has 0 aromatic heterocycles. The Bertz CT molecular complexity index is 902. The summed E-state index contributed by atoms with van der Waals surface area (Å²) >= 11 is 6.16. The van der Waals surface area contributed by atoms with Gasteiger partial charge in [-0.25, -0.2) is 5.43 Å². The van der Waals surface area contributed by atoms with Crippen LogP contribution in [0.4, 0.5) is 5.69 Å². The predicted molar refractivity (Wildman–Crippen MR) is 111 cm³/mol. The van der Waals surface area contributed by atoms with Crippen LogP contribution in [0.5, 0.6) is 17.2 Å². The number of ether oxygens (including phenoxy) is 3. The van der Waals surface area contributed by atoms with Gasteiger partial charge in [0.2, 0.25) is 0 Å². The lowest BCUT2D eigenvalue weighted by atomic mass is 10.2. The Morgan fingerprint density at radius 1 is 1.07 bits per heavy atom. The van der Waals surface area contributed by atoms with Crippen LogP contribution in [0.25, 0.3) is 0 Å². The molecule has 8 nitrogen and oxygen atoms in total. The Hall–Kier alpha value is -3.26. The number of para-hydroxylation sites is 2. The van der Waals surface area contributed by atoms with Crippen LogP contribution in [0.1, 0.15) is 19.4 Å². The molecule has 2 N–H and O–H groups in total. The maximum atomic E-state index is 12.1. The van der Waals surface area contributed by atoms with Crippen molar-refractivity contribution < 1.29 is 23.8 Å². The molecule has 9 heteroatoms. The van der Waals surface area contributed by atoms with Gasteiger partial charge in [0.25, 0.3) is 0 Å². The number of carbonyl (C=O) groups is 2. The van der Waals surface area contributed by atoms with Crippen molar-refractivity contribution in [2.45, 2.75) is 13.8 Å². The minimum absolute atomic E-state index is 0.330. The number of hydrogen-bond acceptors (Lipinski definition) is 6. The molecule has 0 fully saturated rings. The average Bonchev–Trinajstić information content (AvgIpc) is 2.69. The van der Waals surface area contributed by atoms with Gasteiger partial charge in [-0.05, 0) is 43.7 Å². The van der Waals surface area contributed by atoms with Crippen LogP contribution in [0, 0.1) is 0 Å². The summed E-state index contributed by atoms with van der Waals surface area (Å²) in [6, 6.07) is 10.1. The highest BCUT2D eigenvalue weighted by atomic mass is 35.5. The smallest absolute Gasteiger partial charge is 0.329 e. The molecule has 0 bridgehead atoms. The van der Waals surface area contributed by atoms with E-state index in [1.165, 1.54) is 13.3 Å². The summed E-state index contributed by atoms with van der Waals surface area (Å²) in [6.45, 7) is 4.50. The van der Waals surface area contributed by atoms with E-state index in [9.17, 15) is 9.59 Å². The molecular formula is C20H22ClN3O5. The second-order valence-electron chi connectivity index (χ2n) is 5.55. The summed E-state index contributed by atoms with van der Waals surface area (Å²) < 4.78 is 16.1. The molecule has 2 amide bonds. The summed E-state index contributed by atoms with van der Waals surface area (Å²) in [4.78, 5) is 24.1. The van der Waals surface area contributed by atoms with Gasteiger partial charge in [0.15, 0.2) is 11.5 Å². The number of hydrogen-bond donors (Lipinski definition) is 2. The van der Waals surface area contributed by atoms with E-state index in [0.29, 0.717) is 46.7 Å². The summed E-state index contributed by atoms with van der Waals surface area (Å²) in [5, 5.41) is 6.61. The lowest BCUT2D eigenvalue weighted by Gasteiger charge is -2.11. The van der Waals surface area contributed by atoms with Gasteiger partial charge in [-0.15, -0.1) is 0 Å². The molecule has 2 aromatic carbocycles. The fourth-order valence-corrected chi connectivity index (χ4v) is 2.67. The standard InChI is InChI=1S/C20H22ClN3O5/c1-4-28-16-9-7-6-8-15(16)23-19(25)20(26)24-22-12-13-10-14(21)18(27-3)17(11-13)29-5-2/h6-12H,4-5H2,1-3H3,(H,23,25)(H,24,26)/b22-12-. The highest BCUT2D eigenvalue weighted by molar-refractivity contribution is 6.39. The van der Waals surface area contributed by atoms with Gasteiger partial charge in [-0.2, -0.15) is 5.10 Å². The van der Waals surface area contributed by atoms with E-state index in [0.717, 1.165) is 0 Å². The van der Waals surface area contributed by atoms with Crippen molar-refractivity contribution >= 4 is 35.3 Å². The largest absolute Gasteiger partial charge is 0.492 e. The molecule has 0 aliphatic heterocycles. The van der Waals surface area contributed by atoms with Crippen molar-refractivity contribution in [2.24, 2.45) is 5.10 Å². The van der Waals surface area contributed by atoms with Gasteiger partial charge in [-0.1, -0.05) is 23.7 Å². The molecule has 29 heavy (non-hydrogen) atoms. The zero-order valence-corrected chi connectivity index (χ0v) is 17.1. The van der Waals surface area contributed by atoms with E-state index in [4.69, 9.17) is 25.8 Å². The van der Waals surface area contributed by atoms with Crippen molar-refractivity contribution in [2.75, 3.05) is 25.6 Å². The van der Waals surface area contributed by atoms with E-state index < -0.39 is 11.8 Å². The normalized spacial score (nSPS) is 10.5. The first-order valence-electron chi connectivity index (χ1n) is 8.86. The van der Waals surface area contributed by atoms with Crippen molar-refractivity contribution in [1.29, 1.82) is 0 Å². The zero-order chi connectivity index (χ0) is 21.2. The highest BCUT2D eigenvalue weighted by Gasteiger charge is 2.15. The SMILES string of the molecule is CCOc1ccccc1NC(=O)C(=O)N/N=C\c1cc(Cl)c(OC)c(OCC)c1. The average molecular weight is 420 g/mol. The molecule has 2 rings (SSSR count). The van der Waals surface area contributed by atoms with Crippen LogP contribution < -0.4 is 25.0 Å². The summed E-state index contributed by atoms with van der Waals surface area (Å²) in [7, 11) is 1.49. The van der Waals surface area contributed by atoms with Gasteiger partial charge in [0.1, 0.15) is 5.75 Å². The third-order valence-electron chi connectivity index (χ3n) is 3.56. The van der Waals surface area contributed by atoms with Crippen LogP contribution >= 0.6 is 11.6 Å². The van der Waals surface area contributed by atoms with Crippen LogP contribution in [-0.2, 0) is 9.59 Å². The number of methoxy groups -OCH3 is 1. The number of halogens is 1. The molecule has 0 aliphatic rings. The van der Waals surface area contributed by atoms with E-state index in [1.54, 1.807) is 36.4 Å². The van der Waals surface area contributed by atoms with Gasteiger partial charge >= 0.3 is 11.8 Å². The number of nitrogens with one attached hydrogen (secondary N) is 2. The van der Waals surface area contributed by atoms with Crippen LogP contribution in [0.3, 0.4) is 0 Å². The zero-order valence-electron chi connectivity index (χ0n) is 16.3. The first kappa shape index (κ1) is 22.0. The molecular weight excluding hydrogens is 398 g/mol. The summed E-state index contributed by atoms with van der Waals surface area (Å²) in [5.74, 6) is -0.493. The van der Waals surface area contributed by atoms with Crippen molar-refractivity contribution in [3.05, 3.63) is 47.0 Å². The van der Waals surface area contributed by atoms with E-state index >= 15 is 0 Å². The molecule has 0 saturated carbocycles. The maximum Gasteiger partial charge on any atom is 0.329 e. The number of carbonyl (C=O) groups excluding carboxylic acids is 2. The molecule has 0 spiro atoms. The minimum atomic E-state index is -0.933. The molecule has 0 aliphatic carbocycles. The quantitative estimate of drug-likeness (QED) is 0.389. The van der Waals surface area contributed by atoms with E-state index in [1.807, 2.05) is 13.8 Å². The lowest BCUT2D eigenvalue weighted by molar-refractivity contribution is -0.136. The first-order chi connectivity index (χ1) is 14.0. The van der Waals surface area contributed by atoms with Gasteiger partial charge in [0.05, 0.1) is 37.2 Å². The Morgan fingerprint density at radius 3 is 2.45 bits per heavy atom. The fourth-order valence-electron chi connectivity index (χ4n) is 2.37. The Kier molecular flexibility index (Phi) is 8.29. The molecule has 154 valence electrons. The number of nitrogens with zero attached hydrogens (tertiary/aromatic N) is 1. The van der Waals surface area contributed by atoms with Crippen molar-refractivity contribution in [3.8, 4) is 17.2 Å². The number of rotatable bonds is 8. The highest BCUT2D eigenvalue weighted by Crippen LogP contribution is 2.35. The van der Waals surface area contributed by atoms with Crippen LogP contribution in [0.15, 0.2) is 41.5 Å². The first-order valence-corrected chi connectivity index (χ1v) is 9.24. The van der Waals surface area contributed by atoms with Crippen LogP contribution in [-0.4, -0.2) is 38.4 Å². The number of benzene rings is 2. The van der Waals surface area contributed by atoms with E-state index in [-0.39, 0.29) is 0 Å². The van der Waals surface area contributed by atoms with Crippen molar-refractivity contribution in [3.63, 3.8) is 0 Å². The molecule has 0 radical (unpaired) electrons. The second kappa shape index (κ2) is 10.9. The van der Waals surface area contributed by atoms with E-state index in [2.05, 4.69) is 15.8 Å². The molecule has 0 unspecified atom stereocenters. The predicted octanol–water partition coefficient (Wildman–Crippen LogP) is 3.23. The third kappa shape index (κ3) is 6.11. The van der Waals surface area contributed by atoms with Gasteiger partial charge < -0.3 is 19.5 Å². The second-order valence-corrected chi connectivity index (χ2v) is 5.96. The lowest BCUT2D eigenvalue weighted by Crippen LogP contribution is -2.32. The van der Waals surface area contributed by atoms with Gasteiger partial charge in [-0.3, -0.25) is 9.59 Å². The minimum Gasteiger partial charge on any atom is -0.492 e. The number of anilines is 1. The van der Waals surface area contributed by atoms with Crippen LogP contribution in [0.2, 0.25) is 5.02 Å². The Morgan fingerprint density at radius 2 is 1.76 bits per heavy atom. The monoisotopic (exact) mass is 419 g/mol. The molecule has 2 aromatic rings. The third-order valence-corrected chi connectivity index (χ3v) is 3.84. The summed E-state index contributed by atoms with van der Waals surface area (Å²) in [5.41, 5.74) is 3.11. The number of hydrazone groups is 1. The molecule has 0 atom stereocenters. The molecule has 0 saturated heterocycles. The number of amides is 2. The fraction of sp³-hybridized carbons (Fsp3) is 0.250. The topological polar surface area (TPSA) is 98.2 Å².